The molecule has 0 saturated heterocycles. The van der Waals surface area contributed by atoms with Crippen LogP contribution in [-0.2, 0) is 16.0 Å². The molecule has 0 saturated carbocycles. The third-order valence-electron chi connectivity index (χ3n) is 5.04. The molecule has 6 heteroatoms. The standard InChI is InChI=1S/C23H30O6/c1-7-27-22(24)18-10-14(9-8-13(2)3)20-17(28-18)12-16-15(21(20)26-6)11-19(29-16)23(4,5)25/h9-10,12-13,19,25H,7-8,11H2,1-6H3/t19-/m0/s1. The van der Waals surface area contributed by atoms with Crippen LogP contribution >= 0.6 is 0 Å². The minimum Gasteiger partial charge on any atom is -0.496 e. The van der Waals surface area contributed by atoms with E-state index in [1.54, 1.807) is 40.0 Å². The van der Waals surface area contributed by atoms with Crippen molar-refractivity contribution < 1.29 is 28.8 Å². The Labute approximate surface area is 172 Å². The Balaban J connectivity index is 2.11. The molecule has 29 heavy (non-hydrogen) atoms. The van der Waals surface area contributed by atoms with Crippen LogP contribution in [0.1, 0.15) is 52.2 Å². The molecule has 0 fully saturated rings. The van der Waals surface area contributed by atoms with Gasteiger partial charge < -0.3 is 24.1 Å². The van der Waals surface area contributed by atoms with Crippen LogP contribution in [0.3, 0.4) is 0 Å². The maximum atomic E-state index is 12.3. The first-order valence-electron chi connectivity index (χ1n) is 10.1. The van der Waals surface area contributed by atoms with Crippen molar-refractivity contribution in [2.75, 3.05) is 13.7 Å². The smallest absolute Gasteiger partial charge is 0.374 e. The highest BCUT2D eigenvalue weighted by Crippen LogP contribution is 2.50. The van der Waals surface area contributed by atoms with E-state index in [4.69, 9.17) is 18.9 Å². The summed E-state index contributed by atoms with van der Waals surface area (Å²) >= 11 is 0. The lowest BCUT2D eigenvalue weighted by Gasteiger charge is -2.24. The highest BCUT2D eigenvalue weighted by Gasteiger charge is 2.39. The molecule has 0 radical (unpaired) electrons. The highest BCUT2D eigenvalue weighted by molar-refractivity contribution is 5.95. The van der Waals surface area contributed by atoms with Gasteiger partial charge in [0.1, 0.15) is 23.4 Å². The monoisotopic (exact) mass is 402 g/mol. The number of allylic oxidation sites excluding steroid dienone is 3. The average molecular weight is 402 g/mol. The van der Waals surface area contributed by atoms with Gasteiger partial charge in [-0.2, -0.15) is 0 Å². The normalized spacial score (nSPS) is 19.2. The van der Waals surface area contributed by atoms with E-state index >= 15 is 0 Å². The Hall–Kier alpha value is -2.47. The van der Waals surface area contributed by atoms with Gasteiger partial charge in [0.25, 0.3) is 0 Å². The van der Waals surface area contributed by atoms with Crippen molar-refractivity contribution in [2.24, 2.45) is 5.92 Å². The van der Waals surface area contributed by atoms with Crippen molar-refractivity contribution in [3.63, 3.8) is 0 Å². The fraction of sp³-hybridized carbons (Fsp3) is 0.522. The van der Waals surface area contributed by atoms with E-state index in [2.05, 4.69) is 19.9 Å². The van der Waals surface area contributed by atoms with Crippen molar-refractivity contribution in [1.29, 1.82) is 0 Å². The molecule has 2 aliphatic heterocycles. The third-order valence-corrected chi connectivity index (χ3v) is 5.04. The molecular weight excluding hydrogens is 372 g/mol. The maximum Gasteiger partial charge on any atom is 0.374 e. The van der Waals surface area contributed by atoms with Gasteiger partial charge in [0.05, 0.1) is 24.9 Å². The topological polar surface area (TPSA) is 74.2 Å². The molecule has 3 rings (SSSR count). The summed E-state index contributed by atoms with van der Waals surface area (Å²) in [6.45, 7) is 9.73. The Bertz CT molecular complexity index is 857. The van der Waals surface area contributed by atoms with Crippen LogP contribution in [-0.4, -0.2) is 36.5 Å². The molecule has 0 amide bonds. The summed E-state index contributed by atoms with van der Waals surface area (Å²) in [6.07, 6.45) is 4.77. The fourth-order valence-electron chi connectivity index (χ4n) is 3.49. The zero-order valence-electron chi connectivity index (χ0n) is 18.0. The lowest BCUT2D eigenvalue weighted by molar-refractivity contribution is -0.141. The number of hydrogen-bond donors (Lipinski definition) is 1. The second kappa shape index (κ2) is 8.11. The molecule has 0 spiro atoms. The van der Waals surface area contributed by atoms with Crippen LogP contribution in [0.2, 0.25) is 0 Å². The van der Waals surface area contributed by atoms with Crippen molar-refractivity contribution in [3.05, 3.63) is 35.1 Å². The van der Waals surface area contributed by atoms with Gasteiger partial charge >= 0.3 is 5.97 Å². The first-order chi connectivity index (χ1) is 13.7. The second-order valence-electron chi connectivity index (χ2n) is 8.34. The van der Waals surface area contributed by atoms with Crippen LogP contribution in [0.4, 0.5) is 0 Å². The number of benzene rings is 1. The molecule has 0 aromatic heterocycles. The largest absolute Gasteiger partial charge is 0.496 e. The molecule has 1 atom stereocenters. The lowest BCUT2D eigenvalue weighted by atomic mass is 9.92. The number of aliphatic hydroxyl groups is 1. The van der Waals surface area contributed by atoms with Gasteiger partial charge in [-0.3, -0.25) is 0 Å². The first kappa shape index (κ1) is 21.2. The van der Waals surface area contributed by atoms with E-state index in [-0.39, 0.29) is 12.4 Å². The Morgan fingerprint density at radius 1 is 1.38 bits per heavy atom. The average Bonchev–Trinajstić information content (AvgIpc) is 3.08. The molecule has 1 aromatic rings. The molecule has 2 aliphatic rings. The van der Waals surface area contributed by atoms with Gasteiger partial charge in [0.2, 0.25) is 5.76 Å². The van der Waals surface area contributed by atoms with E-state index in [9.17, 15) is 9.90 Å². The Kier molecular flexibility index (Phi) is 5.94. The lowest BCUT2D eigenvalue weighted by Crippen LogP contribution is -2.39. The van der Waals surface area contributed by atoms with Crippen molar-refractivity contribution in [3.8, 4) is 17.2 Å². The summed E-state index contributed by atoms with van der Waals surface area (Å²) in [5, 5.41) is 10.4. The molecule has 158 valence electrons. The third kappa shape index (κ3) is 4.27. The van der Waals surface area contributed by atoms with Crippen molar-refractivity contribution in [1.82, 2.24) is 0 Å². The van der Waals surface area contributed by atoms with Crippen molar-refractivity contribution >= 4 is 11.5 Å². The Morgan fingerprint density at radius 3 is 2.69 bits per heavy atom. The van der Waals surface area contributed by atoms with Crippen LogP contribution in [0.25, 0.3) is 5.57 Å². The first-order valence-corrected chi connectivity index (χ1v) is 10.1. The molecule has 1 aromatic carbocycles. The van der Waals surface area contributed by atoms with Gasteiger partial charge in [-0.05, 0) is 44.8 Å². The summed E-state index contributed by atoms with van der Waals surface area (Å²) in [7, 11) is 1.61. The summed E-state index contributed by atoms with van der Waals surface area (Å²) in [5.41, 5.74) is 1.54. The van der Waals surface area contributed by atoms with Crippen LogP contribution in [0.5, 0.6) is 17.2 Å². The minimum atomic E-state index is -1.00. The highest BCUT2D eigenvalue weighted by atomic mass is 16.6. The van der Waals surface area contributed by atoms with Crippen LogP contribution in [0, 0.1) is 5.92 Å². The molecular formula is C23H30O6. The quantitative estimate of drug-likeness (QED) is 0.724. The molecule has 6 nitrogen and oxygen atoms in total. The van der Waals surface area contributed by atoms with E-state index in [0.717, 1.165) is 23.1 Å². The van der Waals surface area contributed by atoms with E-state index in [1.807, 2.05) is 0 Å². The molecule has 1 N–H and O–H groups in total. The number of rotatable bonds is 6. The van der Waals surface area contributed by atoms with Gasteiger partial charge in [-0.25, -0.2) is 4.79 Å². The van der Waals surface area contributed by atoms with Crippen molar-refractivity contribution in [2.45, 2.75) is 59.2 Å². The number of carbonyl (C=O) groups is 1. The van der Waals surface area contributed by atoms with E-state index < -0.39 is 17.7 Å². The molecule has 0 unspecified atom stereocenters. The number of carbonyl (C=O) groups excluding carboxylic acids is 1. The predicted molar refractivity (Wildman–Crippen MR) is 110 cm³/mol. The number of hydrogen-bond acceptors (Lipinski definition) is 6. The van der Waals surface area contributed by atoms with Gasteiger partial charge in [0, 0.05) is 18.1 Å². The predicted octanol–water partition coefficient (Wildman–Crippen LogP) is 4.04. The van der Waals surface area contributed by atoms with E-state index in [0.29, 0.717) is 29.6 Å². The van der Waals surface area contributed by atoms with Gasteiger partial charge in [-0.1, -0.05) is 19.9 Å². The Morgan fingerprint density at radius 2 is 2.10 bits per heavy atom. The summed E-state index contributed by atoms with van der Waals surface area (Å²) in [5.74, 6) is 1.81. The number of fused-ring (bicyclic) bond motifs is 2. The fourth-order valence-corrected chi connectivity index (χ4v) is 3.49. The van der Waals surface area contributed by atoms with Gasteiger partial charge in [-0.15, -0.1) is 0 Å². The SMILES string of the molecule is CCOC(=O)C1=CC(=CCC(C)C)c2c(cc3c(c2OC)C[C@@H](C(C)(C)O)O3)O1. The maximum absolute atomic E-state index is 12.3. The zero-order chi connectivity index (χ0) is 21.3. The molecule has 2 heterocycles. The number of methoxy groups -OCH3 is 1. The molecule has 0 bridgehead atoms. The number of ether oxygens (including phenoxy) is 4. The zero-order valence-corrected chi connectivity index (χ0v) is 18.0. The van der Waals surface area contributed by atoms with Crippen LogP contribution in [0.15, 0.2) is 24.0 Å². The summed E-state index contributed by atoms with van der Waals surface area (Å²) < 4.78 is 22.8. The van der Waals surface area contributed by atoms with Crippen LogP contribution < -0.4 is 14.2 Å². The summed E-state index contributed by atoms with van der Waals surface area (Å²) in [4.78, 5) is 12.3. The van der Waals surface area contributed by atoms with E-state index in [1.165, 1.54) is 0 Å². The summed E-state index contributed by atoms with van der Waals surface area (Å²) in [6, 6.07) is 1.77. The number of esters is 1. The molecule has 0 aliphatic carbocycles. The second-order valence-corrected chi connectivity index (χ2v) is 8.34. The van der Waals surface area contributed by atoms with Gasteiger partial charge in [0.15, 0.2) is 0 Å². The minimum absolute atomic E-state index is 0.133.